The maximum atomic E-state index is 11.4. The van der Waals surface area contributed by atoms with Crippen LogP contribution in [-0.4, -0.2) is 21.6 Å². The number of carbonyl (C=O) groups is 1. The van der Waals surface area contributed by atoms with Gasteiger partial charge in [0.2, 0.25) is 5.91 Å². The van der Waals surface area contributed by atoms with E-state index in [0.29, 0.717) is 12.2 Å². The van der Waals surface area contributed by atoms with Gasteiger partial charge in [-0.05, 0) is 24.0 Å². The lowest BCUT2D eigenvalue weighted by molar-refractivity contribution is -0.115. The molecule has 0 saturated carbocycles. The molecule has 0 spiro atoms. The first-order valence-electron chi connectivity index (χ1n) is 4.90. The molecule has 5 heteroatoms. The van der Waals surface area contributed by atoms with E-state index in [1.807, 2.05) is 18.2 Å². The van der Waals surface area contributed by atoms with Crippen molar-refractivity contribution in [3.63, 3.8) is 0 Å². The number of nitrogens with zero attached hydrogens (tertiary/aromatic N) is 2. The monoisotopic (exact) mass is 233 g/mol. The number of fused-ring (bicyclic) bond motifs is 1. The molecule has 2 rings (SSSR count). The number of anilines is 1. The van der Waals surface area contributed by atoms with E-state index in [1.54, 1.807) is 6.20 Å². The predicted molar refractivity (Wildman–Crippen MR) is 66.6 cm³/mol. The Morgan fingerprint density at radius 3 is 3.12 bits per heavy atom. The smallest absolute Gasteiger partial charge is 0.225 e. The highest BCUT2D eigenvalue weighted by atomic mass is 32.1. The number of rotatable bonds is 3. The van der Waals surface area contributed by atoms with Crippen LogP contribution < -0.4 is 5.32 Å². The van der Waals surface area contributed by atoms with Crippen LogP contribution in [0.3, 0.4) is 0 Å². The summed E-state index contributed by atoms with van der Waals surface area (Å²) in [6.45, 7) is 0. The Balaban J connectivity index is 2.22. The lowest BCUT2D eigenvalue weighted by Gasteiger charge is -2.04. The Kier molecular flexibility index (Phi) is 3.36. The van der Waals surface area contributed by atoms with Crippen LogP contribution in [-0.2, 0) is 4.79 Å². The van der Waals surface area contributed by atoms with Crippen molar-refractivity contribution in [3.05, 3.63) is 30.7 Å². The van der Waals surface area contributed by atoms with E-state index in [0.717, 1.165) is 16.6 Å². The fourth-order valence-corrected chi connectivity index (χ4v) is 1.59. The van der Waals surface area contributed by atoms with Crippen molar-refractivity contribution in [2.45, 2.75) is 6.42 Å². The maximum Gasteiger partial charge on any atom is 0.225 e. The number of hydrogen-bond acceptors (Lipinski definition) is 4. The minimum Gasteiger partial charge on any atom is -0.326 e. The fraction of sp³-hybridized carbons (Fsp3) is 0.182. The first-order chi connectivity index (χ1) is 7.79. The quantitative estimate of drug-likeness (QED) is 0.796. The number of benzene rings is 1. The highest BCUT2D eigenvalue weighted by molar-refractivity contribution is 7.80. The van der Waals surface area contributed by atoms with Gasteiger partial charge in [-0.2, -0.15) is 12.6 Å². The molecule has 0 atom stereocenters. The molecule has 4 nitrogen and oxygen atoms in total. The summed E-state index contributed by atoms with van der Waals surface area (Å²) in [4.78, 5) is 19.4. The molecule has 1 aromatic carbocycles. The summed E-state index contributed by atoms with van der Waals surface area (Å²) in [7, 11) is 0. The third kappa shape index (κ3) is 2.49. The molecule has 0 radical (unpaired) electrons. The second-order valence-corrected chi connectivity index (χ2v) is 3.77. The molecule has 0 unspecified atom stereocenters. The second kappa shape index (κ2) is 4.94. The molecular weight excluding hydrogens is 222 g/mol. The van der Waals surface area contributed by atoms with Crippen LogP contribution in [0.5, 0.6) is 0 Å². The molecule has 0 fully saturated rings. The van der Waals surface area contributed by atoms with E-state index >= 15 is 0 Å². The lowest BCUT2D eigenvalue weighted by atomic mass is 10.2. The van der Waals surface area contributed by atoms with Gasteiger partial charge in [0.25, 0.3) is 0 Å². The molecule has 0 saturated heterocycles. The first kappa shape index (κ1) is 10.9. The number of nitrogens with one attached hydrogen (secondary N) is 1. The van der Waals surface area contributed by atoms with Gasteiger partial charge in [0.15, 0.2) is 0 Å². The van der Waals surface area contributed by atoms with Gasteiger partial charge in [-0.15, -0.1) is 0 Å². The van der Waals surface area contributed by atoms with Crippen LogP contribution in [0.15, 0.2) is 30.7 Å². The number of aromatic nitrogens is 2. The average molecular weight is 233 g/mol. The van der Waals surface area contributed by atoms with Crippen LogP contribution in [0.4, 0.5) is 5.69 Å². The fourth-order valence-electron chi connectivity index (χ4n) is 1.39. The van der Waals surface area contributed by atoms with Crippen molar-refractivity contribution in [1.82, 2.24) is 9.97 Å². The van der Waals surface area contributed by atoms with Crippen LogP contribution in [0.25, 0.3) is 10.9 Å². The Bertz CT molecular complexity index is 515. The maximum absolute atomic E-state index is 11.4. The lowest BCUT2D eigenvalue weighted by Crippen LogP contribution is -2.11. The van der Waals surface area contributed by atoms with Crippen molar-refractivity contribution in [1.29, 1.82) is 0 Å². The summed E-state index contributed by atoms with van der Waals surface area (Å²) in [6.07, 6.45) is 3.63. The number of carbonyl (C=O) groups excluding carboxylic acids is 1. The molecule has 0 bridgehead atoms. The van der Waals surface area contributed by atoms with E-state index in [1.165, 1.54) is 6.33 Å². The summed E-state index contributed by atoms with van der Waals surface area (Å²) in [5, 5.41) is 3.70. The zero-order valence-corrected chi connectivity index (χ0v) is 9.45. The van der Waals surface area contributed by atoms with Gasteiger partial charge in [0, 0.05) is 23.7 Å². The van der Waals surface area contributed by atoms with E-state index in [2.05, 4.69) is 27.9 Å². The molecule has 0 aliphatic carbocycles. The number of thiol groups is 1. The second-order valence-electron chi connectivity index (χ2n) is 3.32. The Morgan fingerprint density at radius 2 is 2.31 bits per heavy atom. The molecule has 16 heavy (non-hydrogen) atoms. The van der Waals surface area contributed by atoms with E-state index in [-0.39, 0.29) is 5.91 Å². The normalized spacial score (nSPS) is 10.3. The molecule has 1 N–H and O–H groups in total. The van der Waals surface area contributed by atoms with Gasteiger partial charge in [0.05, 0.1) is 5.52 Å². The van der Waals surface area contributed by atoms with Gasteiger partial charge >= 0.3 is 0 Å². The van der Waals surface area contributed by atoms with Gasteiger partial charge in [-0.25, -0.2) is 9.97 Å². The number of hydrogen-bond donors (Lipinski definition) is 2. The summed E-state index contributed by atoms with van der Waals surface area (Å²) < 4.78 is 0. The van der Waals surface area contributed by atoms with Gasteiger partial charge in [-0.3, -0.25) is 4.79 Å². The zero-order chi connectivity index (χ0) is 11.4. The number of amides is 1. The molecule has 2 aromatic rings. The summed E-state index contributed by atoms with van der Waals surface area (Å²) >= 11 is 4.00. The van der Waals surface area contributed by atoms with Crippen molar-refractivity contribution in [2.75, 3.05) is 11.1 Å². The topological polar surface area (TPSA) is 54.9 Å². The highest BCUT2D eigenvalue weighted by Gasteiger charge is 2.02. The van der Waals surface area contributed by atoms with Crippen molar-refractivity contribution >= 4 is 35.1 Å². The predicted octanol–water partition coefficient (Wildman–Crippen LogP) is 1.89. The Morgan fingerprint density at radius 1 is 1.44 bits per heavy atom. The third-order valence-corrected chi connectivity index (χ3v) is 2.35. The Hall–Kier alpha value is -1.62. The molecule has 82 valence electrons. The third-order valence-electron chi connectivity index (χ3n) is 2.13. The van der Waals surface area contributed by atoms with Crippen molar-refractivity contribution in [2.24, 2.45) is 0 Å². The van der Waals surface area contributed by atoms with Gasteiger partial charge < -0.3 is 5.32 Å². The summed E-state index contributed by atoms with van der Waals surface area (Å²) in [5.74, 6) is 0.508. The minimum atomic E-state index is -0.0359. The van der Waals surface area contributed by atoms with E-state index in [4.69, 9.17) is 0 Å². The van der Waals surface area contributed by atoms with Crippen LogP contribution in [0.2, 0.25) is 0 Å². The zero-order valence-electron chi connectivity index (χ0n) is 8.55. The highest BCUT2D eigenvalue weighted by Crippen LogP contribution is 2.16. The van der Waals surface area contributed by atoms with Crippen LogP contribution >= 0.6 is 12.6 Å². The molecule has 1 heterocycles. The molecule has 0 aliphatic heterocycles. The first-order valence-corrected chi connectivity index (χ1v) is 5.53. The minimum absolute atomic E-state index is 0.0359. The molecule has 1 amide bonds. The van der Waals surface area contributed by atoms with Gasteiger partial charge in [0.1, 0.15) is 6.33 Å². The summed E-state index contributed by atoms with van der Waals surface area (Å²) in [6, 6.07) is 5.53. The van der Waals surface area contributed by atoms with Gasteiger partial charge in [-0.1, -0.05) is 0 Å². The SMILES string of the molecule is O=C(CCS)Nc1ccc2ncncc2c1. The Labute approximate surface area is 98.5 Å². The average Bonchev–Trinajstić information content (AvgIpc) is 2.29. The van der Waals surface area contributed by atoms with E-state index in [9.17, 15) is 4.79 Å². The molecular formula is C11H11N3OS. The van der Waals surface area contributed by atoms with Crippen LogP contribution in [0.1, 0.15) is 6.42 Å². The summed E-state index contributed by atoms with van der Waals surface area (Å²) in [5.41, 5.74) is 1.62. The van der Waals surface area contributed by atoms with Crippen LogP contribution in [0, 0.1) is 0 Å². The van der Waals surface area contributed by atoms with E-state index < -0.39 is 0 Å². The molecule has 1 aromatic heterocycles. The van der Waals surface area contributed by atoms with Crippen molar-refractivity contribution < 1.29 is 4.79 Å². The standard InChI is InChI=1S/C11H11N3OS/c15-11(3-4-16)14-9-1-2-10-8(5-9)6-12-7-13-10/h1-2,5-7,16H,3-4H2,(H,14,15). The van der Waals surface area contributed by atoms with Crippen molar-refractivity contribution in [3.8, 4) is 0 Å². The molecule has 0 aliphatic rings. The largest absolute Gasteiger partial charge is 0.326 e.